The number of thioether (sulfide) groups is 1. The second-order valence-electron chi connectivity index (χ2n) is 7.52. The van der Waals surface area contributed by atoms with Crippen molar-refractivity contribution >= 4 is 17.7 Å². The lowest BCUT2D eigenvalue weighted by Crippen LogP contribution is -2.44. The largest absolute Gasteiger partial charge is 0.497 e. The van der Waals surface area contributed by atoms with Crippen molar-refractivity contribution in [2.24, 2.45) is 0 Å². The van der Waals surface area contributed by atoms with E-state index in [2.05, 4.69) is 22.1 Å². The Labute approximate surface area is 186 Å². The number of rotatable bonds is 7. The number of pyridine rings is 1. The summed E-state index contributed by atoms with van der Waals surface area (Å²) in [5.74, 6) is 1.93. The third-order valence-corrected chi connectivity index (χ3v) is 6.52. The fourth-order valence-corrected chi connectivity index (χ4v) is 4.83. The molecule has 7 nitrogen and oxygen atoms in total. The summed E-state index contributed by atoms with van der Waals surface area (Å²) in [6.45, 7) is 3.00. The normalized spacial score (nSPS) is 16.3. The average molecular weight is 438 g/mol. The molecule has 3 heterocycles. The van der Waals surface area contributed by atoms with Gasteiger partial charge in [0.05, 0.1) is 18.6 Å². The zero-order chi connectivity index (χ0) is 21.6. The average Bonchev–Trinajstić information content (AvgIpc) is 3.27. The van der Waals surface area contributed by atoms with Crippen molar-refractivity contribution in [2.75, 3.05) is 19.4 Å². The van der Waals surface area contributed by atoms with E-state index < -0.39 is 0 Å². The Morgan fingerprint density at radius 3 is 2.90 bits per heavy atom. The number of carbonyl (C=O) groups excluding carboxylic acids is 1. The maximum Gasteiger partial charge on any atom is 0.233 e. The predicted molar refractivity (Wildman–Crippen MR) is 122 cm³/mol. The monoisotopic (exact) mass is 437 g/mol. The van der Waals surface area contributed by atoms with Gasteiger partial charge in [0.2, 0.25) is 5.91 Å². The highest BCUT2D eigenvalue weighted by Crippen LogP contribution is 2.30. The number of hydrogen-bond donors (Lipinski definition) is 0. The van der Waals surface area contributed by atoms with Crippen molar-refractivity contribution in [1.82, 2.24) is 24.6 Å². The van der Waals surface area contributed by atoms with Gasteiger partial charge in [-0.25, -0.2) is 0 Å². The van der Waals surface area contributed by atoms with Crippen LogP contribution in [0.2, 0.25) is 0 Å². The van der Waals surface area contributed by atoms with Crippen LogP contribution in [0.5, 0.6) is 5.75 Å². The quantitative estimate of drug-likeness (QED) is 0.515. The van der Waals surface area contributed by atoms with E-state index in [1.54, 1.807) is 19.5 Å². The van der Waals surface area contributed by atoms with Crippen molar-refractivity contribution < 1.29 is 9.53 Å². The number of methoxy groups -OCH3 is 1. The Morgan fingerprint density at radius 2 is 2.13 bits per heavy atom. The Bertz CT molecular complexity index is 1020. The van der Waals surface area contributed by atoms with Crippen LogP contribution in [0.15, 0.2) is 53.9 Å². The highest BCUT2D eigenvalue weighted by atomic mass is 32.2. The molecule has 162 valence electrons. The number of nitrogens with zero attached hydrogens (tertiary/aromatic N) is 5. The molecule has 1 unspecified atom stereocenters. The molecular formula is C23H27N5O2S. The Hall–Kier alpha value is -2.87. The second-order valence-corrected chi connectivity index (χ2v) is 8.46. The summed E-state index contributed by atoms with van der Waals surface area (Å²) in [5.41, 5.74) is 1.74. The van der Waals surface area contributed by atoms with E-state index in [1.807, 2.05) is 45.9 Å². The standard InChI is InChI=1S/C23H27N5O2S/c1-3-18-9-4-5-13-27(18)21(29)16-31-23-26-25-22(17-8-7-12-24-15-17)28(23)19-10-6-11-20(14-19)30-2/h6-8,10-12,14-15,18H,3-5,9,13,16H2,1-2H3. The molecule has 31 heavy (non-hydrogen) atoms. The molecule has 0 radical (unpaired) electrons. The van der Waals surface area contributed by atoms with Gasteiger partial charge in [-0.3, -0.25) is 14.3 Å². The van der Waals surface area contributed by atoms with Crippen LogP contribution in [0.1, 0.15) is 32.6 Å². The summed E-state index contributed by atoms with van der Waals surface area (Å²) in [5, 5.41) is 9.52. The minimum absolute atomic E-state index is 0.166. The number of amides is 1. The van der Waals surface area contributed by atoms with Crippen LogP contribution >= 0.6 is 11.8 Å². The van der Waals surface area contributed by atoms with Gasteiger partial charge in [0.15, 0.2) is 11.0 Å². The smallest absolute Gasteiger partial charge is 0.233 e. The van der Waals surface area contributed by atoms with Gasteiger partial charge in [-0.2, -0.15) is 0 Å². The minimum Gasteiger partial charge on any atom is -0.497 e. The Kier molecular flexibility index (Phi) is 6.86. The fourth-order valence-electron chi connectivity index (χ4n) is 3.99. The third kappa shape index (κ3) is 4.74. The number of likely N-dealkylation sites (tertiary alicyclic amines) is 1. The Balaban J connectivity index is 1.63. The minimum atomic E-state index is 0.166. The number of ether oxygens (including phenoxy) is 1. The number of aromatic nitrogens is 4. The highest BCUT2D eigenvalue weighted by Gasteiger charge is 2.26. The van der Waals surface area contributed by atoms with Crippen molar-refractivity contribution in [3.63, 3.8) is 0 Å². The SMILES string of the molecule is CCC1CCCCN1C(=O)CSc1nnc(-c2cccnc2)n1-c1cccc(OC)c1. The lowest BCUT2D eigenvalue weighted by atomic mass is 10.0. The predicted octanol–water partition coefficient (Wildman–Crippen LogP) is 4.22. The molecule has 1 aliphatic rings. The molecule has 1 saturated heterocycles. The number of piperidine rings is 1. The molecule has 4 rings (SSSR count). The molecule has 0 N–H and O–H groups in total. The fraction of sp³-hybridized carbons (Fsp3) is 0.391. The summed E-state index contributed by atoms with van der Waals surface area (Å²) in [6.07, 6.45) is 7.87. The summed E-state index contributed by atoms with van der Waals surface area (Å²) in [6, 6.07) is 11.9. The van der Waals surface area contributed by atoms with Gasteiger partial charge in [0.1, 0.15) is 5.75 Å². The van der Waals surface area contributed by atoms with Crippen LogP contribution in [0.3, 0.4) is 0 Å². The van der Waals surface area contributed by atoms with Crippen molar-refractivity contribution in [1.29, 1.82) is 0 Å². The van der Waals surface area contributed by atoms with Crippen LogP contribution < -0.4 is 4.74 Å². The first-order valence-corrected chi connectivity index (χ1v) is 11.6. The summed E-state index contributed by atoms with van der Waals surface area (Å²) in [7, 11) is 1.64. The van der Waals surface area contributed by atoms with E-state index in [-0.39, 0.29) is 5.91 Å². The van der Waals surface area contributed by atoms with Crippen LogP contribution in [-0.4, -0.2) is 56.0 Å². The molecule has 8 heteroatoms. The number of benzene rings is 1. The van der Waals surface area contributed by atoms with E-state index in [1.165, 1.54) is 18.2 Å². The van der Waals surface area contributed by atoms with Gasteiger partial charge in [0.25, 0.3) is 0 Å². The maximum absolute atomic E-state index is 13.0. The molecule has 1 fully saturated rings. The van der Waals surface area contributed by atoms with Gasteiger partial charge in [-0.05, 0) is 49.9 Å². The van der Waals surface area contributed by atoms with Crippen LogP contribution in [-0.2, 0) is 4.79 Å². The zero-order valence-electron chi connectivity index (χ0n) is 17.9. The van der Waals surface area contributed by atoms with Crippen molar-refractivity contribution in [3.05, 3.63) is 48.8 Å². The van der Waals surface area contributed by atoms with E-state index in [4.69, 9.17) is 4.74 Å². The highest BCUT2D eigenvalue weighted by molar-refractivity contribution is 7.99. The molecule has 0 spiro atoms. The zero-order valence-corrected chi connectivity index (χ0v) is 18.7. The molecule has 0 saturated carbocycles. The molecule has 0 aliphatic carbocycles. The molecule has 1 atom stereocenters. The molecule has 2 aromatic heterocycles. The van der Waals surface area contributed by atoms with E-state index in [0.717, 1.165) is 42.8 Å². The van der Waals surface area contributed by atoms with E-state index in [9.17, 15) is 4.79 Å². The number of carbonyl (C=O) groups is 1. The topological polar surface area (TPSA) is 73.1 Å². The van der Waals surface area contributed by atoms with Gasteiger partial charge >= 0.3 is 0 Å². The molecule has 1 aromatic carbocycles. The van der Waals surface area contributed by atoms with Crippen LogP contribution in [0.25, 0.3) is 17.1 Å². The van der Waals surface area contributed by atoms with Gasteiger partial charge in [0, 0.05) is 36.6 Å². The molecular weight excluding hydrogens is 410 g/mol. The molecule has 1 amide bonds. The molecule has 0 bridgehead atoms. The summed E-state index contributed by atoms with van der Waals surface area (Å²) >= 11 is 1.42. The summed E-state index contributed by atoms with van der Waals surface area (Å²) in [4.78, 5) is 19.2. The lowest BCUT2D eigenvalue weighted by Gasteiger charge is -2.35. The molecule has 1 aliphatic heterocycles. The first-order valence-electron chi connectivity index (χ1n) is 10.6. The third-order valence-electron chi connectivity index (χ3n) is 5.61. The van der Waals surface area contributed by atoms with Crippen molar-refractivity contribution in [3.8, 4) is 22.8 Å². The van der Waals surface area contributed by atoms with Crippen molar-refractivity contribution in [2.45, 2.75) is 43.8 Å². The van der Waals surface area contributed by atoms with Gasteiger partial charge in [-0.15, -0.1) is 10.2 Å². The van der Waals surface area contributed by atoms with Crippen LogP contribution in [0.4, 0.5) is 0 Å². The number of hydrogen-bond acceptors (Lipinski definition) is 6. The summed E-state index contributed by atoms with van der Waals surface area (Å²) < 4.78 is 7.37. The maximum atomic E-state index is 13.0. The second kappa shape index (κ2) is 9.96. The first-order chi connectivity index (χ1) is 15.2. The molecule has 3 aromatic rings. The van der Waals surface area contributed by atoms with E-state index in [0.29, 0.717) is 22.8 Å². The van der Waals surface area contributed by atoms with Gasteiger partial charge in [-0.1, -0.05) is 24.8 Å². The first kappa shape index (κ1) is 21.4. The lowest BCUT2D eigenvalue weighted by molar-refractivity contribution is -0.132. The van der Waals surface area contributed by atoms with E-state index >= 15 is 0 Å². The van der Waals surface area contributed by atoms with Crippen LogP contribution in [0, 0.1) is 0 Å². The Morgan fingerprint density at radius 1 is 1.23 bits per heavy atom. The van der Waals surface area contributed by atoms with Gasteiger partial charge < -0.3 is 9.64 Å².